The van der Waals surface area contributed by atoms with E-state index < -0.39 is 11.8 Å². The van der Waals surface area contributed by atoms with Gasteiger partial charge >= 0.3 is 0 Å². The molecule has 0 unspecified atom stereocenters. The van der Waals surface area contributed by atoms with E-state index in [1.807, 2.05) is 43.3 Å². The number of pyridine rings is 1. The van der Waals surface area contributed by atoms with Crippen LogP contribution < -0.4 is 16.8 Å². The smallest absolute Gasteiger partial charge is 0.268 e. The highest BCUT2D eigenvalue weighted by molar-refractivity contribution is 9.10. The minimum atomic E-state index is -0.610. The molecule has 0 atom stereocenters. The average molecular weight is 487 g/mol. The van der Waals surface area contributed by atoms with Crippen molar-refractivity contribution in [3.63, 3.8) is 0 Å². The summed E-state index contributed by atoms with van der Waals surface area (Å²) in [6.45, 7) is 1.88. The number of hydrogen-bond donors (Lipinski definition) is 3. The molecule has 9 heteroatoms. The van der Waals surface area contributed by atoms with Crippen molar-refractivity contribution in [2.75, 3.05) is 11.1 Å². The topological polar surface area (TPSA) is 111 Å². The zero-order valence-corrected chi connectivity index (χ0v) is 18.4. The van der Waals surface area contributed by atoms with E-state index in [9.17, 15) is 9.59 Å². The van der Waals surface area contributed by atoms with Crippen LogP contribution in [-0.2, 0) is 0 Å². The molecule has 3 heterocycles. The maximum absolute atomic E-state index is 12.9. The van der Waals surface area contributed by atoms with Crippen LogP contribution in [0.2, 0.25) is 0 Å². The quantitative estimate of drug-likeness (QED) is 0.375. The molecule has 29 heavy (non-hydrogen) atoms. The summed E-state index contributed by atoms with van der Waals surface area (Å²) in [6.07, 6.45) is 0. The van der Waals surface area contributed by atoms with Gasteiger partial charge in [-0.05, 0) is 36.8 Å². The van der Waals surface area contributed by atoms with E-state index in [1.165, 1.54) is 22.7 Å². The molecule has 0 saturated carbocycles. The summed E-state index contributed by atoms with van der Waals surface area (Å²) >= 11 is 5.86. The fourth-order valence-corrected chi connectivity index (χ4v) is 5.22. The second-order valence-corrected chi connectivity index (χ2v) is 9.12. The lowest BCUT2D eigenvalue weighted by molar-refractivity contribution is 0.100. The van der Waals surface area contributed by atoms with E-state index in [0.717, 1.165) is 21.1 Å². The first-order valence-corrected chi connectivity index (χ1v) is 11.0. The summed E-state index contributed by atoms with van der Waals surface area (Å²) in [7, 11) is 0. The summed E-state index contributed by atoms with van der Waals surface area (Å²) in [5.41, 5.74) is 14.8. The number of fused-ring (bicyclic) bond motifs is 1. The zero-order valence-electron chi connectivity index (χ0n) is 15.2. The van der Waals surface area contributed by atoms with Crippen molar-refractivity contribution in [3.8, 4) is 11.1 Å². The van der Waals surface area contributed by atoms with E-state index in [0.29, 0.717) is 26.0 Å². The summed E-state index contributed by atoms with van der Waals surface area (Å²) in [5, 5.41) is 5.73. The lowest BCUT2D eigenvalue weighted by Gasteiger charge is -2.06. The van der Waals surface area contributed by atoms with Gasteiger partial charge in [0.15, 0.2) is 0 Å². The Kier molecular flexibility index (Phi) is 5.12. The Hall–Kier alpha value is -2.75. The van der Waals surface area contributed by atoms with Gasteiger partial charge in [-0.1, -0.05) is 28.1 Å². The Morgan fingerprint density at radius 3 is 2.55 bits per heavy atom. The molecule has 146 valence electrons. The fourth-order valence-electron chi connectivity index (χ4n) is 2.95. The predicted molar refractivity (Wildman–Crippen MR) is 123 cm³/mol. The van der Waals surface area contributed by atoms with Crippen molar-refractivity contribution in [3.05, 3.63) is 62.4 Å². The molecule has 0 aliphatic rings. The molecular formula is C20H15BrN4O2S2. The van der Waals surface area contributed by atoms with Crippen LogP contribution in [0.5, 0.6) is 0 Å². The average Bonchev–Trinajstić information content (AvgIpc) is 3.23. The number of aromatic nitrogens is 1. The number of rotatable bonds is 4. The number of nitrogen functional groups attached to an aromatic ring is 1. The molecule has 0 fully saturated rings. The molecular weight excluding hydrogens is 472 g/mol. The van der Waals surface area contributed by atoms with E-state index in [1.54, 1.807) is 5.38 Å². The predicted octanol–water partition coefficient (Wildman–Crippen LogP) is 5.03. The van der Waals surface area contributed by atoms with Gasteiger partial charge in [0.25, 0.3) is 11.8 Å². The van der Waals surface area contributed by atoms with Crippen LogP contribution in [0, 0.1) is 6.92 Å². The van der Waals surface area contributed by atoms with Crippen molar-refractivity contribution >= 4 is 71.3 Å². The maximum Gasteiger partial charge on any atom is 0.268 e. The highest BCUT2D eigenvalue weighted by Gasteiger charge is 2.23. The molecule has 4 aromatic rings. The fraction of sp³-hybridized carbons (Fsp3) is 0.0500. The summed E-state index contributed by atoms with van der Waals surface area (Å²) in [5.74, 6) is -1.00. The number of hydrogen-bond acceptors (Lipinski definition) is 6. The Labute approximate surface area is 182 Å². The van der Waals surface area contributed by atoms with Crippen molar-refractivity contribution in [2.24, 2.45) is 5.73 Å². The Morgan fingerprint density at radius 1 is 1.14 bits per heavy atom. The first kappa shape index (κ1) is 19.6. The lowest BCUT2D eigenvalue weighted by Crippen LogP contribution is -2.17. The van der Waals surface area contributed by atoms with E-state index in [-0.39, 0.29) is 5.56 Å². The number of anilines is 2. The van der Waals surface area contributed by atoms with Gasteiger partial charge in [0.05, 0.1) is 11.3 Å². The van der Waals surface area contributed by atoms with Crippen LogP contribution in [0.1, 0.15) is 25.7 Å². The third kappa shape index (κ3) is 3.64. The molecule has 0 aliphatic carbocycles. The van der Waals surface area contributed by atoms with Crippen molar-refractivity contribution < 1.29 is 9.59 Å². The van der Waals surface area contributed by atoms with Crippen LogP contribution >= 0.6 is 38.6 Å². The van der Waals surface area contributed by atoms with Crippen molar-refractivity contribution in [1.29, 1.82) is 0 Å². The number of amides is 2. The van der Waals surface area contributed by atoms with Crippen LogP contribution in [-0.4, -0.2) is 16.8 Å². The Balaban J connectivity index is 1.71. The number of nitrogens with one attached hydrogen (secondary N) is 1. The molecule has 1 aromatic carbocycles. The van der Waals surface area contributed by atoms with Crippen LogP contribution in [0.4, 0.5) is 10.7 Å². The standard InChI is InChI=1S/C20H15BrN4O2S2/c1-9-2-7-12-15(22)16(29-19(12)24-9)18(27)25-20-14(17(23)26)13(8-28-20)10-3-5-11(21)6-4-10/h2-8H,22H2,1H3,(H2,23,26)(H,25,27). The molecule has 5 N–H and O–H groups in total. The number of thiophene rings is 2. The highest BCUT2D eigenvalue weighted by Crippen LogP contribution is 2.38. The van der Waals surface area contributed by atoms with Crippen LogP contribution in [0.25, 0.3) is 21.3 Å². The molecule has 0 bridgehead atoms. The first-order chi connectivity index (χ1) is 13.8. The van der Waals surface area contributed by atoms with Crippen LogP contribution in [0.3, 0.4) is 0 Å². The van der Waals surface area contributed by atoms with Crippen molar-refractivity contribution in [1.82, 2.24) is 4.98 Å². The van der Waals surface area contributed by atoms with Gasteiger partial charge in [0, 0.05) is 26.5 Å². The highest BCUT2D eigenvalue weighted by atomic mass is 79.9. The normalized spacial score (nSPS) is 11.0. The number of carbonyl (C=O) groups excluding carboxylic acids is 2. The lowest BCUT2D eigenvalue weighted by atomic mass is 10.0. The molecule has 0 aliphatic heterocycles. The largest absolute Gasteiger partial charge is 0.397 e. The van der Waals surface area contributed by atoms with Gasteiger partial charge in [-0.25, -0.2) is 4.98 Å². The monoisotopic (exact) mass is 486 g/mol. The second-order valence-electron chi connectivity index (χ2n) is 6.33. The minimum absolute atomic E-state index is 0.277. The Bertz CT molecular complexity index is 1260. The SMILES string of the molecule is Cc1ccc2c(N)c(C(=O)Nc3scc(-c4ccc(Br)cc4)c3C(N)=O)sc2n1. The summed E-state index contributed by atoms with van der Waals surface area (Å²) in [4.78, 5) is 30.5. The first-order valence-electron chi connectivity index (χ1n) is 8.49. The Morgan fingerprint density at radius 2 is 1.86 bits per heavy atom. The van der Waals surface area contributed by atoms with E-state index >= 15 is 0 Å². The van der Waals surface area contributed by atoms with Gasteiger partial charge in [0.2, 0.25) is 0 Å². The molecule has 0 radical (unpaired) electrons. The van der Waals surface area contributed by atoms with E-state index in [2.05, 4.69) is 26.2 Å². The summed E-state index contributed by atoms with van der Waals surface area (Å²) in [6, 6.07) is 11.2. The molecule has 3 aromatic heterocycles. The van der Waals surface area contributed by atoms with E-state index in [4.69, 9.17) is 11.5 Å². The molecule has 4 rings (SSSR count). The third-order valence-electron chi connectivity index (χ3n) is 4.36. The number of nitrogens with zero attached hydrogens (tertiary/aromatic N) is 1. The van der Waals surface area contributed by atoms with Crippen molar-refractivity contribution in [2.45, 2.75) is 6.92 Å². The zero-order chi connectivity index (χ0) is 20.7. The minimum Gasteiger partial charge on any atom is -0.397 e. The van der Waals surface area contributed by atoms with Gasteiger partial charge in [-0.2, -0.15) is 0 Å². The summed E-state index contributed by atoms with van der Waals surface area (Å²) < 4.78 is 0.926. The maximum atomic E-state index is 12.9. The molecule has 0 spiro atoms. The number of carbonyl (C=O) groups is 2. The molecule has 6 nitrogen and oxygen atoms in total. The van der Waals surface area contributed by atoms with Gasteiger partial charge in [0.1, 0.15) is 14.7 Å². The molecule has 0 saturated heterocycles. The number of aryl methyl sites for hydroxylation is 1. The molecule has 2 amide bonds. The number of benzene rings is 1. The van der Waals surface area contributed by atoms with Gasteiger partial charge in [-0.15, -0.1) is 22.7 Å². The second kappa shape index (κ2) is 7.58. The number of nitrogens with two attached hydrogens (primary N) is 2. The van der Waals surface area contributed by atoms with Gasteiger partial charge < -0.3 is 16.8 Å². The number of halogens is 1. The van der Waals surface area contributed by atoms with Crippen LogP contribution in [0.15, 0.2) is 46.3 Å². The van der Waals surface area contributed by atoms with Gasteiger partial charge in [-0.3, -0.25) is 9.59 Å². The third-order valence-corrected chi connectivity index (χ3v) is 6.90. The number of primary amides is 1.